The first-order valence-corrected chi connectivity index (χ1v) is 6.47. The minimum Gasteiger partial charge on any atom is -0.384 e. The van der Waals surface area contributed by atoms with Gasteiger partial charge in [-0.25, -0.2) is 14.6 Å². The number of hydrogen-bond donors (Lipinski definition) is 0. The van der Waals surface area contributed by atoms with Crippen LogP contribution in [0.4, 0.5) is 0 Å². The van der Waals surface area contributed by atoms with Gasteiger partial charge in [-0.15, -0.1) is 11.8 Å². The zero-order valence-corrected chi connectivity index (χ0v) is 11.4. The quantitative estimate of drug-likeness (QED) is 0.490. The smallest absolute Gasteiger partial charge is 0.163 e. The van der Waals surface area contributed by atoms with Gasteiger partial charge in [-0.1, -0.05) is 0 Å². The van der Waals surface area contributed by atoms with Gasteiger partial charge in [-0.2, -0.15) is 5.10 Å². The van der Waals surface area contributed by atoms with Gasteiger partial charge in [-0.3, -0.25) is 0 Å². The molecule has 0 aliphatic carbocycles. The van der Waals surface area contributed by atoms with Crippen molar-refractivity contribution in [2.24, 2.45) is 7.05 Å². The van der Waals surface area contributed by atoms with Crippen molar-refractivity contribution in [3.8, 4) is 0 Å². The van der Waals surface area contributed by atoms with Crippen LogP contribution in [0.15, 0.2) is 16.0 Å². The Morgan fingerprint density at radius 3 is 3.06 bits per heavy atom. The Bertz CT molecular complexity index is 501. The summed E-state index contributed by atoms with van der Waals surface area (Å²) in [6.07, 6.45) is 1.56. The maximum absolute atomic E-state index is 5.01. The summed E-state index contributed by atoms with van der Waals surface area (Å²) in [5.41, 5.74) is 0.835. The van der Waals surface area contributed by atoms with E-state index in [1.807, 2.05) is 7.05 Å². The van der Waals surface area contributed by atoms with Gasteiger partial charge in [0.25, 0.3) is 0 Å². The van der Waals surface area contributed by atoms with Crippen LogP contribution < -0.4 is 0 Å². The van der Waals surface area contributed by atoms with E-state index < -0.39 is 0 Å². The second-order valence-electron chi connectivity index (χ2n) is 3.13. The summed E-state index contributed by atoms with van der Waals surface area (Å²) in [7, 11) is 3.56. The van der Waals surface area contributed by atoms with Crippen LogP contribution in [0, 0.1) is 0 Å². The van der Waals surface area contributed by atoms with Crippen molar-refractivity contribution in [2.45, 2.75) is 5.03 Å². The molecule has 0 radical (unpaired) electrons. The lowest BCUT2D eigenvalue weighted by atomic mass is 10.4. The van der Waals surface area contributed by atoms with E-state index in [0.29, 0.717) is 6.61 Å². The summed E-state index contributed by atoms with van der Waals surface area (Å²) in [6, 6.07) is 0. The standard InChI is InChI=1S/C9H11BrN4OS/c1-14-8-6(7(10)13-14)9(12-5-11-8)16-4-3-15-2/h5H,3-4H2,1-2H3. The molecular weight excluding hydrogens is 292 g/mol. The molecule has 0 atom stereocenters. The summed E-state index contributed by atoms with van der Waals surface area (Å²) in [4.78, 5) is 8.47. The lowest BCUT2D eigenvalue weighted by Gasteiger charge is -2.01. The first-order chi connectivity index (χ1) is 7.74. The van der Waals surface area contributed by atoms with Gasteiger partial charge in [0.2, 0.25) is 0 Å². The minimum atomic E-state index is 0.702. The Morgan fingerprint density at radius 1 is 1.50 bits per heavy atom. The van der Waals surface area contributed by atoms with Crippen molar-refractivity contribution in [2.75, 3.05) is 19.5 Å². The highest BCUT2D eigenvalue weighted by molar-refractivity contribution is 9.10. The van der Waals surface area contributed by atoms with Crippen LogP contribution in [-0.4, -0.2) is 39.2 Å². The number of rotatable bonds is 4. The lowest BCUT2D eigenvalue weighted by Crippen LogP contribution is -1.95. The van der Waals surface area contributed by atoms with E-state index in [1.54, 1.807) is 29.9 Å². The first-order valence-electron chi connectivity index (χ1n) is 4.69. The number of fused-ring (bicyclic) bond motifs is 1. The largest absolute Gasteiger partial charge is 0.384 e. The van der Waals surface area contributed by atoms with E-state index in [0.717, 1.165) is 26.4 Å². The van der Waals surface area contributed by atoms with E-state index in [-0.39, 0.29) is 0 Å². The van der Waals surface area contributed by atoms with E-state index >= 15 is 0 Å². The molecule has 0 aromatic carbocycles. The van der Waals surface area contributed by atoms with Crippen LogP contribution in [0.25, 0.3) is 11.0 Å². The van der Waals surface area contributed by atoms with E-state index in [1.165, 1.54) is 0 Å². The SMILES string of the molecule is COCCSc1ncnc2c1c(Br)nn2C. The molecule has 0 aliphatic heterocycles. The van der Waals surface area contributed by atoms with Crippen LogP contribution >= 0.6 is 27.7 Å². The van der Waals surface area contributed by atoms with E-state index in [9.17, 15) is 0 Å². The van der Waals surface area contributed by atoms with Crippen LogP contribution in [0.3, 0.4) is 0 Å². The highest BCUT2D eigenvalue weighted by Crippen LogP contribution is 2.29. The molecule has 0 N–H and O–H groups in total. The van der Waals surface area contributed by atoms with E-state index in [2.05, 4.69) is 31.0 Å². The van der Waals surface area contributed by atoms with Crippen molar-refractivity contribution in [1.82, 2.24) is 19.7 Å². The molecule has 2 heterocycles. The number of hydrogen-bond acceptors (Lipinski definition) is 5. The van der Waals surface area contributed by atoms with Crippen LogP contribution in [0.1, 0.15) is 0 Å². The molecule has 2 rings (SSSR count). The predicted molar refractivity (Wildman–Crippen MR) is 66.6 cm³/mol. The summed E-state index contributed by atoms with van der Waals surface area (Å²) in [5.74, 6) is 0.865. The van der Waals surface area contributed by atoms with Crippen LogP contribution in [-0.2, 0) is 11.8 Å². The molecule has 0 unspecified atom stereocenters. The molecule has 7 heteroatoms. The third-order valence-corrected chi connectivity index (χ3v) is 3.58. The van der Waals surface area contributed by atoms with Crippen molar-refractivity contribution >= 4 is 38.7 Å². The van der Waals surface area contributed by atoms with Gasteiger partial charge >= 0.3 is 0 Å². The fourth-order valence-corrected chi connectivity index (χ4v) is 2.98. The number of halogens is 1. The second kappa shape index (κ2) is 5.11. The highest BCUT2D eigenvalue weighted by Gasteiger charge is 2.13. The average molecular weight is 303 g/mol. The molecule has 0 saturated carbocycles. The third kappa shape index (κ3) is 2.21. The maximum Gasteiger partial charge on any atom is 0.163 e. The fraction of sp³-hybridized carbons (Fsp3) is 0.444. The topological polar surface area (TPSA) is 52.8 Å². The Hall–Kier alpha value is -0.660. The average Bonchev–Trinajstić information content (AvgIpc) is 2.56. The maximum atomic E-state index is 5.01. The van der Waals surface area contributed by atoms with Gasteiger partial charge in [0, 0.05) is 19.9 Å². The van der Waals surface area contributed by atoms with Gasteiger partial charge in [0.15, 0.2) is 5.65 Å². The van der Waals surface area contributed by atoms with Crippen molar-refractivity contribution in [3.63, 3.8) is 0 Å². The predicted octanol–water partition coefficient (Wildman–Crippen LogP) is 1.86. The van der Waals surface area contributed by atoms with Gasteiger partial charge in [0.05, 0.1) is 12.0 Å². The number of nitrogens with zero attached hydrogens (tertiary/aromatic N) is 4. The summed E-state index contributed by atoms with van der Waals surface area (Å²) < 4.78 is 7.53. The molecule has 2 aromatic rings. The Labute approximate surface area is 106 Å². The molecule has 16 heavy (non-hydrogen) atoms. The van der Waals surface area contributed by atoms with Crippen LogP contribution in [0.2, 0.25) is 0 Å². The molecule has 0 spiro atoms. The number of ether oxygens (including phenoxy) is 1. The molecule has 2 aromatic heterocycles. The number of aromatic nitrogens is 4. The normalized spacial score (nSPS) is 11.2. The van der Waals surface area contributed by atoms with Gasteiger partial charge in [0.1, 0.15) is 16.0 Å². The minimum absolute atomic E-state index is 0.702. The Balaban J connectivity index is 2.37. The van der Waals surface area contributed by atoms with Crippen molar-refractivity contribution in [3.05, 3.63) is 10.9 Å². The number of thioether (sulfide) groups is 1. The first kappa shape index (κ1) is 11.8. The zero-order valence-electron chi connectivity index (χ0n) is 8.97. The molecule has 0 aliphatic rings. The monoisotopic (exact) mass is 302 g/mol. The summed E-state index contributed by atoms with van der Waals surface area (Å²) in [5, 5.41) is 6.16. The van der Waals surface area contributed by atoms with E-state index in [4.69, 9.17) is 4.74 Å². The van der Waals surface area contributed by atoms with Gasteiger partial charge < -0.3 is 4.74 Å². The van der Waals surface area contributed by atoms with Crippen LogP contribution in [0.5, 0.6) is 0 Å². The molecular formula is C9H11BrN4OS. The summed E-state index contributed by atoms with van der Waals surface area (Å²) >= 11 is 5.06. The summed E-state index contributed by atoms with van der Waals surface area (Å²) in [6.45, 7) is 0.702. The van der Waals surface area contributed by atoms with Crippen molar-refractivity contribution < 1.29 is 4.74 Å². The molecule has 86 valence electrons. The number of aryl methyl sites for hydroxylation is 1. The highest BCUT2D eigenvalue weighted by atomic mass is 79.9. The molecule has 5 nitrogen and oxygen atoms in total. The second-order valence-corrected chi connectivity index (χ2v) is 4.97. The zero-order chi connectivity index (χ0) is 11.5. The van der Waals surface area contributed by atoms with Gasteiger partial charge in [-0.05, 0) is 15.9 Å². The Morgan fingerprint density at radius 2 is 2.31 bits per heavy atom. The van der Waals surface area contributed by atoms with Crippen molar-refractivity contribution in [1.29, 1.82) is 0 Å². The molecule has 0 bridgehead atoms. The Kier molecular flexibility index (Phi) is 3.78. The molecule has 0 saturated heterocycles. The lowest BCUT2D eigenvalue weighted by molar-refractivity contribution is 0.218. The molecule has 0 fully saturated rings. The fourth-order valence-electron chi connectivity index (χ4n) is 1.35. The number of methoxy groups -OCH3 is 1. The molecule has 0 amide bonds. The third-order valence-electron chi connectivity index (χ3n) is 2.07.